The lowest BCUT2D eigenvalue weighted by Crippen LogP contribution is -2.64. The number of likely N-dealkylation sites (tertiary alicyclic amines) is 1. The summed E-state index contributed by atoms with van der Waals surface area (Å²) in [5.74, 6) is 3.54. The number of nitrogens with zero attached hydrogens (tertiary/aromatic N) is 1. The smallest absolute Gasteiger partial charge is 0.173 e. The van der Waals surface area contributed by atoms with Gasteiger partial charge in [0.25, 0.3) is 0 Å². The SMILES string of the molecule is COc1cc(Cc2ccccc2)c2c(c1Oc1ccccc1)[C@]13CCN(CC4CC4)[C@H](C2)[C@@H]1CCC1(C3)OCCO1. The zero-order valence-electron chi connectivity index (χ0n) is 24.1. The topological polar surface area (TPSA) is 40.2 Å². The maximum atomic E-state index is 6.87. The van der Waals surface area contributed by atoms with Crippen LogP contribution in [0, 0.1) is 11.8 Å². The van der Waals surface area contributed by atoms with E-state index in [1.165, 1.54) is 41.6 Å². The summed E-state index contributed by atoms with van der Waals surface area (Å²) >= 11 is 0. The molecular formula is C36H41NO4. The Morgan fingerprint density at radius 3 is 2.41 bits per heavy atom. The first-order chi connectivity index (χ1) is 20.2. The summed E-state index contributed by atoms with van der Waals surface area (Å²) in [6, 6.07) is 23.9. The van der Waals surface area contributed by atoms with Gasteiger partial charge in [-0.2, -0.15) is 0 Å². The van der Waals surface area contributed by atoms with Crippen LogP contribution in [0.5, 0.6) is 17.2 Å². The minimum Gasteiger partial charge on any atom is -0.493 e. The summed E-state index contributed by atoms with van der Waals surface area (Å²) in [5, 5.41) is 0. The van der Waals surface area contributed by atoms with Crippen LogP contribution in [0.1, 0.15) is 60.8 Å². The molecule has 2 aliphatic heterocycles. The van der Waals surface area contributed by atoms with Crippen molar-refractivity contribution in [2.24, 2.45) is 11.8 Å². The molecule has 0 aromatic heterocycles. The molecule has 2 heterocycles. The number of piperidine rings is 1. The van der Waals surface area contributed by atoms with Crippen LogP contribution < -0.4 is 9.47 Å². The van der Waals surface area contributed by atoms with Gasteiger partial charge in [-0.3, -0.25) is 4.90 Å². The molecule has 0 unspecified atom stereocenters. The third-order valence-electron chi connectivity index (χ3n) is 10.7. The van der Waals surface area contributed by atoms with Crippen LogP contribution in [-0.4, -0.2) is 50.1 Å². The van der Waals surface area contributed by atoms with Gasteiger partial charge in [-0.1, -0.05) is 48.5 Å². The molecule has 214 valence electrons. The van der Waals surface area contributed by atoms with Gasteiger partial charge < -0.3 is 18.9 Å². The Bertz CT molecular complexity index is 1400. The van der Waals surface area contributed by atoms with Gasteiger partial charge in [0.1, 0.15) is 5.75 Å². The summed E-state index contributed by atoms with van der Waals surface area (Å²) < 4.78 is 26.0. The molecule has 8 rings (SSSR count). The van der Waals surface area contributed by atoms with Crippen molar-refractivity contribution >= 4 is 0 Å². The number of hydrogen-bond donors (Lipinski definition) is 0. The van der Waals surface area contributed by atoms with Gasteiger partial charge in [0.2, 0.25) is 0 Å². The van der Waals surface area contributed by atoms with Gasteiger partial charge in [-0.25, -0.2) is 0 Å². The van der Waals surface area contributed by atoms with E-state index in [1.807, 2.05) is 30.3 Å². The first-order valence-electron chi connectivity index (χ1n) is 15.7. The Hall–Kier alpha value is -2.86. The van der Waals surface area contributed by atoms with Crippen LogP contribution in [0.2, 0.25) is 0 Å². The first kappa shape index (κ1) is 25.8. The monoisotopic (exact) mass is 551 g/mol. The predicted molar refractivity (Wildman–Crippen MR) is 159 cm³/mol. The molecule has 3 aliphatic carbocycles. The molecule has 0 N–H and O–H groups in total. The zero-order valence-corrected chi connectivity index (χ0v) is 24.1. The largest absolute Gasteiger partial charge is 0.493 e. The van der Waals surface area contributed by atoms with Crippen molar-refractivity contribution in [1.82, 2.24) is 4.90 Å². The standard InChI is InChI=1S/C36H41NO4/c1-38-32-21-27(20-25-8-4-2-5-9-25)29-22-31-30-14-15-36(39-18-19-40-36)24-35(30,16-17-37(31)23-26-12-13-26)33(29)34(32)41-28-10-6-3-7-11-28/h2-11,21,26,30-31H,12-20,22-24H2,1H3/t30-,31+,35-/m0/s1. The second kappa shape index (κ2) is 10.1. The quantitative estimate of drug-likeness (QED) is 0.320. The van der Waals surface area contributed by atoms with Crippen LogP contribution in [0.25, 0.3) is 0 Å². The van der Waals surface area contributed by atoms with E-state index in [0.29, 0.717) is 25.2 Å². The van der Waals surface area contributed by atoms with Gasteiger partial charge in [0.15, 0.2) is 17.3 Å². The van der Waals surface area contributed by atoms with Crippen LogP contribution in [0.4, 0.5) is 0 Å². The van der Waals surface area contributed by atoms with Crippen LogP contribution >= 0.6 is 0 Å². The van der Waals surface area contributed by atoms with Crippen LogP contribution in [-0.2, 0) is 27.7 Å². The molecule has 1 spiro atoms. The molecule has 41 heavy (non-hydrogen) atoms. The van der Waals surface area contributed by atoms with E-state index in [4.69, 9.17) is 18.9 Å². The summed E-state index contributed by atoms with van der Waals surface area (Å²) in [6.07, 6.45) is 8.86. The molecule has 0 amide bonds. The summed E-state index contributed by atoms with van der Waals surface area (Å²) in [6.45, 7) is 3.76. The molecule has 5 aliphatic rings. The third-order valence-corrected chi connectivity index (χ3v) is 10.7. The Labute approximate surface area is 243 Å². The molecular weight excluding hydrogens is 510 g/mol. The highest BCUT2D eigenvalue weighted by molar-refractivity contribution is 5.62. The van der Waals surface area contributed by atoms with Gasteiger partial charge in [-0.15, -0.1) is 0 Å². The van der Waals surface area contributed by atoms with E-state index < -0.39 is 5.79 Å². The number of methoxy groups -OCH3 is 1. The van der Waals surface area contributed by atoms with Crippen molar-refractivity contribution in [2.45, 2.75) is 68.6 Å². The van der Waals surface area contributed by atoms with Gasteiger partial charge in [-0.05, 0) is 91.8 Å². The zero-order chi connectivity index (χ0) is 27.4. The Morgan fingerprint density at radius 2 is 1.68 bits per heavy atom. The fourth-order valence-corrected chi connectivity index (χ4v) is 8.76. The minimum atomic E-state index is -0.485. The summed E-state index contributed by atoms with van der Waals surface area (Å²) in [7, 11) is 1.79. The molecule has 2 bridgehead atoms. The molecule has 5 nitrogen and oxygen atoms in total. The lowest BCUT2D eigenvalue weighted by atomic mass is 9.50. The maximum absolute atomic E-state index is 6.87. The highest BCUT2D eigenvalue weighted by Crippen LogP contribution is 2.63. The fraction of sp³-hybridized carbons (Fsp3) is 0.500. The van der Waals surface area contributed by atoms with E-state index >= 15 is 0 Å². The van der Waals surface area contributed by atoms with Gasteiger partial charge in [0, 0.05) is 36.4 Å². The van der Waals surface area contributed by atoms with Crippen molar-refractivity contribution in [2.75, 3.05) is 33.4 Å². The van der Waals surface area contributed by atoms with E-state index in [-0.39, 0.29) is 5.41 Å². The number of rotatable bonds is 7. The normalized spacial score (nSPS) is 28.2. The molecule has 5 heteroatoms. The van der Waals surface area contributed by atoms with Crippen molar-refractivity contribution in [1.29, 1.82) is 0 Å². The highest BCUT2D eigenvalue weighted by atomic mass is 16.7. The summed E-state index contributed by atoms with van der Waals surface area (Å²) in [5.41, 5.74) is 5.46. The predicted octanol–water partition coefficient (Wildman–Crippen LogP) is 6.90. The number of benzene rings is 3. The molecule has 3 aromatic carbocycles. The average Bonchev–Trinajstić information content (AvgIpc) is 3.72. The van der Waals surface area contributed by atoms with E-state index in [1.54, 1.807) is 7.11 Å². The highest BCUT2D eigenvalue weighted by Gasteiger charge is 2.62. The molecule has 4 fully saturated rings. The number of ether oxygens (including phenoxy) is 4. The van der Waals surface area contributed by atoms with Crippen molar-refractivity contribution in [3.63, 3.8) is 0 Å². The average molecular weight is 552 g/mol. The van der Waals surface area contributed by atoms with E-state index in [9.17, 15) is 0 Å². The third kappa shape index (κ3) is 4.48. The molecule has 3 aromatic rings. The Kier molecular flexibility index (Phi) is 6.39. The molecule has 0 radical (unpaired) electrons. The first-order valence-corrected chi connectivity index (χ1v) is 15.7. The summed E-state index contributed by atoms with van der Waals surface area (Å²) in [4.78, 5) is 2.87. The molecule has 2 saturated heterocycles. The van der Waals surface area contributed by atoms with Crippen LogP contribution in [0.15, 0.2) is 66.7 Å². The van der Waals surface area contributed by atoms with Crippen molar-refractivity contribution in [3.8, 4) is 17.2 Å². The maximum Gasteiger partial charge on any atom is 0.173 e. The van der Waals surface area contributed by atoms with Gasteiger partial charge in [0.05, 0.1) is 20.3 Å². The second-order valence-corrected chi connectivity index (χ2v) is 13.0. The van der Waals surface area contributed by atoms with Crippen LogP contribution in [0.3, 0.4) is 0 Å². The Morgan fingerprint density at radius 1 is 0.927 bits per heavy atom. The number of para-hydroxylation sites is 1. The van der Waals surface area contributed by atoms with Crippen molar-refractivity contribution < 1.29 is 18.9 Å². The number of fused-ring (bicyclic) bond motifs is 1. The minimum absolute atomic E-state index is 0.0784. The molecule has 3 atom stereocenters. The van der Waals surface area contributed by atoms with E-state index in [2.05, 4.69) is 41.3 Å². The fourth-order valence-electron chi connectivity index (χ4n) is 8.76. The number of hydrogen-bond acceptors (Lipinski definition) is 5. The Balaban J connectivity index is 1.33. The van der Waals surface area contributed by atoms with Crippen molar-refractivity contribution in [3.05, 3.63) is 89.0 Å². The van der Waals surface area contributed by atoms with Gasteiger partial charge >= 0.3 is 0 Å². The molecule has 2 saturated carbocycles. The lowest BCUT2D eigenvalue weighted by molar-refractivity contribution is -0.214. The second-order valence-electron chi connectivity index (χ2n) is 13.0. The lowest BCUT2D eigenvalue weighted by Gasteiger charge is -2.61. The van der Waals surface area contributed by atoms with E-state index in [0.717, 1.165) is 68.2 Å².